The number of ether oxygens (including phenoxy) is 1. The molecule has 0 fully saturated rings. The van der Waals surface area contributed by atoms with E-state index in [2.05, 4.69) is 12.2 Å². The molecule has 0 aliphatic heterocycles. The minimum Gasteiger partial charge on any atom is -0.508 e. The zero-order valence-corrected chi connectivity index (χ0v) is 12.1. The summed E-state index contributed by atoms with van der Waals surface area (Å²) >= 11 is 0. The van der Waals surface area contributed by atoms with Crippen LogP contribution in [0.3, 0.4) is 0 Å². The maximum atomic E-state index is 13.9. The van der Waals surface area contributed by atoms with E-state index < -0.39 is 0 Å². The summed E-state index contributed by atoms with van der Waals surface area (Å²) in [6, 6.07) is 11.6. The van der Waals surface area contributed by atoms with Crippen LogP contribution in [0.15, 0.2) is 42.5 Å². The first-order valence-corrected chi connectivity index (χ1v) is 7.09. The van der Waals surface area contributed by atoms with Crippen molar-refractivity contribution in [1.82, 2.24) is 5.32 Å². The number of nitrogens with one attached hydrogen (secondary N) is 1. The standard InChI is InChI=1S/C17H20FNO2/c1-2-10-19-11-14-4-3-5-16(18)17(14)21-12-13-6-8-15(20)9-7-13/h3-9,19-20H,2,10-12H2,1H3. The summed E-state index contributed by atoms with van der Waals surface area (Å²) in [7, 11) is 0. The van der Waals surface area contributed by atoms with Crippen LogP contribution in [0.5, 0.6) is 11.5 Å². The molecular formula is C17H20FNO2. The number of hydrogen-bond donors (Lipinski definition) is 2. The Morgan fingerprint density at radius 3 is 2.62 bits per heavy atom. The summed E-state index contributed by atoms with van der Waals surface area (Å²) < 4.78 is 19.6. The van der Waals surface area contributed by atoms with Gasteiger partial charge in [-0.25, -0.2) is 4.39 Å². The summed E-state index contributed by atoms with van der Waals surface area (Å²) in [6.07, 6.45) is 1.03. The molecule has 0 aromatic heterocycles. The number of phenols is 1. The molecule has 0 heterocycles. The molecule has 21 heavy (non-hydrogen) atoms. The number of benzene rings is 2. The average molecular weight is 289 g/mol. The molecule has 4 heteroatoms. The van der Waals surface area contributed by atoms with Gasteiger partial charge >= 0.3 is 0 Å². The summed E-state index contributed by atoms with van der Waals surface area (Å²) in [5, 5.41) is 12.5. The fourth-order valence-corrected chi connectivity index (χ4v) is 2.00. The quantitative estimate of drug-likeness (QED) is 0.765. The van der Waals surface area contributed by atoms with Gasteiger partial charge in [0.25, 0.3) is 0 Å². The van der Waals surface area contributed by atoms with Gasteiger partial charge in [0.05, 0.1) is 0 Å². The molecular weight excluding hydrogens is 269 g/mol. The molecule has 2 aromatic rings. The zero-order chi connectivity index (χ0) is 15.1. The molecule has 0 aliphatic rings. The monoisotopic (exact) mass is 289 g/mol. The molecule has 2 aromatic carbocycles. The van der Waals surface area contributed by atoms with E-state index in [-0.39, 0.29) is 23.9 Å². The first-order valence-electron chi connectivity index (χ1n) is 7.09. The Kier molecular flexibility index (Phi) is 5.58. The third-order valence-corrected chi connectivity index (χ3v) is 3.11. The van der Waals surface area contributed by atoms with E-state index in [9.17, 15) is 9.50 Å². The molecule has 2 rings (SSSR count). The summed E-state index contributed by atoms with van der Waals surface area (Å²) in [6.45, 7) is 3.81. The Hall–Kier alpha value is -2.07. The van der Waals surface area contributed by atoms with Gasteiger partial charge in [-0.1, -0.05) is 31.2 Å². The summed E-state index contributed by atoms with van der Waals surface area (Å²) in [4.78, 5) is 0. The van der Waals surface area contributed by atoms with Crippen LogP contribution in [0.1, 0.15) is 24.5 Å². The van der Waals surface area contributed by atoms with Crippen molar-refractivity contribution < 1.29 is 14.2 Å². The van der Waals surface area contributed by atoms with Gasteiger partial charge in [-0.05, 0) is 36.7 Å². The minimum atomic E-state index is -0.357. The second kappa shape index (κ2) is 7.64. The first-order chi connectivity index (χ1) is 10.2. The highest BCUT2D eigenvalue weighted by Crippen LogP contribution is 2.24. The fraction of sp³-hybridized carbons (Fsp3) is 0.294. The third-order valence-electron chi connectivity index (χ3n) is 3.11. The van der Waals surface area contributed by atoms with Crippen LogP contribution >= 0.6 is 0 Å². The molecule has 0 saturated heterocycles. The summed E-state index contributed by atoms with van der Waals surface area (Å²) in [5.74, 6) is 0.132. The predicted octanol–water partition coefficient (Wildman–Crippen LogP) is 3.61. The molecule has 0 amide bonds. The smallest absolute Gasteiger partial charge is 0.165 e. The van der Waals surface area contributed by atoms with Gasteiger partial charge in [-0.3, -0.25) is 0 Å². The highest BCUT2D eigenvalue weighted by atomic mass is 19.1. The number of halogens is 1. The second-order valence-electron chi connectivity index (χ2n) is 4.86. The van der Waals surface area contributed by atoms with Crippen LogP contribution in [0, 0.1) is 5.82 Å². The number of phenolic OH excluding ortho intramolecular Hbond substituents is 1. The molecule has 0 bridgehead atoms. The zero-order valence-electron chi connectivity index (χ0n) is 12.1. The highest BCUT2D eigenvalue weighted by molar-refractivity contribution is 5.35. The van der Waals surface area contributed by atoms with E-state index in [4.69, 9.17) is 4.74 Å². The lowest BCUT2D eigenvalue weighted by Crippen LogP contribution is -2.15. The lowest BCUT2D eigenvalue weighted by atomic mass is 10.2. The van der Waals surface area contributed by atoms with Gasteiger partial charge in [-0.2, -0.15) is 0 Å². The normalized spacial score (nSPS) is 10.6. The van der Waals surface area contributed by atoms with Crippen molar-refractivity contribution in [3.05, 3.63) is 59.4 Å². The van der Waals surface area contributed by atoms with Crippen LogP contribution in [-0.4, -0.2) is 11.7 Å². The van der Waals surface area contributed by atoms with Crippen molar-refractivity contribution in [3.63, 3.8) is 0 Å². The van der Waals surface area contributed by atoms with Gasteiger partial charge in [0.2, 0.25) is 0 Å². The molecule has 0 spiro atoms. The van der Waals surface area contributed by atoms with Gasteiger partial charge in [0, 0.05) is 12.1 Å². The van der Waals surface area contributed by atoms with Gasteiger partial charge in [-0.15, -0.1) is 0 Å². The van der Waals surface area contributed by atoms with Gasteiger partial charge < -0.3 is 15.2 Å². The first kappa shape index (κ1) is 15.3. The molecule has 2 N–H and O–H groups in total. The SMILES string of the molecule is CCCNCc1cccc(F)c1OCc1ccc(O)cc1. The average Bonchev–Trinajstić information content (AvgIpc) is 2.48. The lowest BCUT2D eigenvalue weighted by Gasteiger charge is -2.13. The Morgan fingerprint density at radius 1 is 1.14 bits per heavy atom. The van der Waals surface area contributed by atoms with Crippen LogP contribution in [0.2, 0.25) is 0 Å². The molecule has 0 radical (unpaired) electrons. The van der Waals surface area contributed by atoms with E-state index in [0.29, 0.717) is 6.54 Å². The Balaban J connectivity index is 2.05. The van der Waals surface area contributed by atoms with Crippen molar-refractivity contribution in [3.8, 4) is 11.5 Å². The van der Waals surface area contributed by atoms with Crippen molar-refractivity contribution in [1.29, 1.82) is 0 Å². The van der Waals surface area contributed by atoms with Crippen molar-refractivity contribution in [2.45, 2.75) is 26.5 Å². The fourth-order valence-electron chi connectivity index (χ4n) is 2.00. The van der Waals surface area contributed by atoms with E-state index in [0.717, 1.165) is 24.1 Å². The molecule has 112 valence electrons. The van der Waals surface area contributed by atoms with E-state index in [1.165, 1.54) is 6.07 Å². The van der Waals surface area contributed by atoms with Crippen LogP contribution < -0.4 is 10.1 Å². The molecule has 0 aliphatic carbocycles. The topological polar surface area (TPSA) is 41.5 Å². The van der Waals surface area contributed by atoms with Crippen molar-refractivity contribution in [2.24, 2.45) is 0 Å². The lowest BCUT2D eigenvalue weighted by molar-refractivity contribution is 0.286. The molecule has 0 saturated carbocycles. The molecule has 3 nitrogen and oxygen atoms in total. The Bertz CT molecular complexity index is 570. The molecule has 0 unspecified atom stereocenters. The maximum absolute atomic E-state index is 13.9. The summed E-state index contributed by atoms with van der Waals surface area (Å²) in [5.41, 5.74) is 1.69. The van der Waals surface area contributed by atoms with Gasteiger partial charge in [0.15, 0.2) is 11.6 Å². The van der Waals surface area contributed by atoms with Gasteiger partial charge in [0.1, 0.15) is 12.4 Å². The van der Waals surface area contributed by atoms with E-state index in [1.807, 2.05) is 6.07 Å². The van der Waals surface area contributed by atoms with Crippen LogP contribution in [0.25, 0.3) is 0 Å². The number of hydrogen-bond acceptors (Lipinski definition) is 3. The molecule has 0 atom stereocenters. The van der Waals surface area contributed by atoms with E-state index >= 15 is 0 Å². The van der Waals surface area contributed by atoms with Crippen LogP contribution in [-0.2, 0) is 13.2 Å². The number of rotatable bonds is 7. The Labute approximate surface area is 124 Å². The largest absolute Gasteiger partial charge is 0.508 e. The van der Waals surface area contributed by atoms with Crippen LogP contribution in [0.4, 0.5) is 4.39 Å². The number of para-hydroxylation sites is 1. The Morgan fingerprint density at radius 2 is 1.90 bits per heavy atom. The maximum Gasteiger partial charge on any atom is 0.165 e. The number of aromatic hydroxyl groups is 1. The second-order valence-corrected chi connectivity index (χ2v) is 4.86. The van der Waals surface area contributed by atoms with Crippen molar-refractivity contribution in [2.75, 3.05) is 6.54 Å². The van der Waals surface area contributed by atoms with Crippen molar-refractivity contribution >= 4 is 0 Å². The highest BCUT2D eigenvalue weighted by Gasteiger charge is 2.09. The third kappa shape index (κ3) is 4.46. The minimum absolute atomic E-state index is 0.203. The predicted molar refractivity (Wildman–Crippen MR) is 80.8 cm³/mol. The van der Waals surface area contributed by atoms with E-state index in [1.54, 1.807) is 30.3 Å².